The average Bonchev–Trinajstić information content (AvgIpc) is 3.94. The van der Waals surface area contributed by atoms with Gasteiger partial charge in [0, 0.05) is 52.8 Å². The van der Waals surface area contributed by atoms with Gasteiger partial charge < -0.3 is 4.57 Å². The zero-order chi connectivity index (χ0) is 37.5. The van der Waals surface area contributed by atoms with Gasteiger partial charge in [-0.1, -0.05) is 176 Å². The maximum atomic E-state index is 5.74. The van der Waals surface area contributed by atoms with E-state index in [0.717, 1.165) is 34.0 Å². The van der Waals surface area contributed by atoms with Crippen molar-refractivity contribution in [3.8, 4) is 39.6 Å². The Kier molecular flexibility index (Phi) is 7.12. The number of benzene rings is 8. The Hall–Kier alpha value is -6.92. The standard InChI is InChI=1S/C52H33N3SSi/c1-4-18-34(19-5-1)52-53-48(51-49(54-52)41-27-13-17-31-46(41)57(51,35-20-6-2-7-21-35)36-22-8-3-9-23-36)40-26-11-15-29-43(40)55-42-28-14-10-25-39(42)47-44(55)33-32-38-37-24-12-16-30-45(37)56-50(38)47/h1-33H. The van der Waals surface area contributed by atoms with Gasteiger partial charge in [-0.05, 0) is 39.8 Å². The van der Waals surface area contributed by atoms with E-state index < -0.39 is 8.07 Å². The Bertz CT molecular complexity index is 3310. The highest BCUT2D eigenvalue weighted by Gasteiger charge is 2.52. The van der Waals surface area contributed by atoms with E-state index in [9.17, 15) is 0 Å². The van der Waals surface area contributed by atoms with Crippen LogP contribution in [0, 0.1) is 0 Å². The molecule has 0 aliphatic carbocycles. The quantitative estimate of drug-likeness (QED) is 0.164. The Morgan fingerprint density at radius 1 is 0.439 bits per heavy atom. The third kappa shape index (κ3) is 4.58. The zero-order valence-electron chi connectivity index (χ0n) is 30.8. The first-order valence-corrected chi connectivity index (χ1v) is 22.2. The van der Waals surface area contributed by atoms with Crippen LogP contribution in [-0.4, -0.2) is 22.6 Å². The van der Waals surface area contributed by atoms with Gasteiger partial charge in [0.1, 0.15) is 0 Å². The number of rotatable bonds is 5. The fraction of sp³-hybridized carbons (Fsp3) is 0. The summed E-state index contributed by atoms with van der Waals surface area (Å²) in [5.41, 5.74) is 8.75. The molecule has 3 aromatic heterocycles. The van der Waals surface area contributed by atoms with Crippen molar-refractivity contribution in [2.45, 2.75) is 0 Å². The molecule has 57 heavy (non-hydrogen) atoms. The van der Waals surface area contributed by atoms with E-state index in [4.69, 9.17) is 9.97 Å². The van der Waals surface area contributed by atoms with Crippen molar-refractivity contribution in [1.82, 2.24) is 14.5 Å². The topological polar surface area (TPSA) is 30.7 Å². The van der Waals surface area contributed by atoms with Gasteiger partial charge in [-0.15, -0.1) is 11.3 Å². The lowest BCUT2D eigenvalue weighted by Gasteiger charge is -2.32. The lowest BCUT2D eigenvalue weighted by Crippen LogP contribution is -2.73. The van der Waals surface area contributed by atoms with E-state index in [0.29, 0.717) is 0 Å². The fourth-order valence-corrected chi connectivity index (χ4v) is 16.1. The van der Waals surface area contributed by atoms with Crippen molar-refractivity contribution in [3.63, 3.8) is 0 Å². The first kappa shape index (κ1) is 32.3. The van der Waals surface area contributed by atoms with E-state index in [-0.39, 0.29) is 0 Å². The molecule has 12 rings (SSSR count). The first-order chi connectivity index (χ1) is 28.3. The van der Waals surface area contributed by atoms with Crippen molar-refractivity contribution < 1.29 is 0 Å². The Balaban J connectivity index is 1.24. The maximum absolute atomic E-state index is 5.74. The largest absolute Gasteiger partial charge is 0.309 e. The lowest BCUT2D eigenvalue weighted by molar-refractivity contribution is 1.16. The van der Waals surface area contributed by atoms with Crippen LogP contribution in [0.15, 0.2) is 200 Å². The lowest BCUT2D eigenvalue weighted by atomic mass is 10.0. The second-order valence-corrected chi connectivity index (χ2v) is 19.6. The van der Waals surface area contributed by atoms with Crippen LogP contribution in [0.2, 0.25) is 0 Å². The molecule has 0 spiro atoms. The van der Waals surface area contributed by atoms with Gasteiger partial charge in [0.05, 0.1) is 28.1 Å². The van der Waals surface area contributed by atoms with Crippen LogP contribution in [-0.2, 0) is 0 Å². The number of para-hydroxylation sites is 2. The molecule has 0 N–H and O–H groups in total. The third-order valence-electron chi connectivity index (χ3n) is 11.9. The van der Waals surface area contributed by atoms with Crippen molar-refractivity contribution in [1.29, 1.82) is 0 Å². The smallest absolute Gasteiger partial charge is 0.185 e. The predicted molar refractivity (Wildman–Crippen MR) is 243 cm³/mol. The van der Waals surface area contributed by atoms with Gasteiger partial charge in [0.15, 0.2) is 13.9 Å². The SMILES string of the molecule is c1ccc(-c2nc(-c3ccccc3-n3c4ccccc4c4c5sc6ccccc6c5ccc43)c3c(n2)-c2ccccc2[Si]3(c2ccccc2)c2ccccc2)cc1. The van der Waals surface area contributed by atoms with Crippen LogP contribution >= 0.6 is 11.3 Å². The van der Waals surface area contributed by atoms with Gasteiger partial charge in [0.25, 0.3) is 0 Å². The molecular weight excluding hydrogens is 727 g/mol. The Morgan fingerprint density at radius 2 is 1.02 bits per heavy atom. The third-order valence-corrected chi connectivity index (χ3v) is 18.0. The van der Waals surface area contributed by atoms with E-state index in [1.54, 1.807) is 0 Å². The molecule has 4 heterocycles. The minimum atomic E-state index is -2.98. The molecular formula is C52H33N3SSi. The molecule has 8 aromatic carbocycles. The number of hydrogen-bond donors (Lipinski definition) is 0. The summed E-state index contributed by atoms with van der Waals surface area (Å²) in [5, 5.41) is 10.4. The molecule has 0 saturated heterocycles. The summed E-state index contributed by atoms with van der Waals surface area (Å²) in [4.78, 5) is 11.3. The highest BCUT2D eigenvalue weighted by Crippen LogP contribution is 2.44. The summed E-state index contributed by atoms with van der Waals surface area (Å²) in [6, 6.07) is 73.0. The summed E-state index contributed by atoms with van der Waals surface area (Å²) < 4.78 is 5.12. The van der Waals surface area contributed by atoms with Gasteiger partial charge in [-0.25, -0.2) is 9.97 Å². The summed E-state index contributed by atoms with van der Waals surface area (Å²) >= 11 is 1.89. The molecule has 0 saturated carbocycles. The van der Waals surface area contributed by atoms with Gasteiger partial charge in [-0.2, -0.15) is 0 Å². The maximum Gasteiger partial charge on any atom is 0.185 e. The summed E-state index contributed by atoms with van der Waals surface area (Å²) in [7, 11) is -2.98. The average molecular weight is 760 g/mol. The highest BCUT2D eigenvalue weighted by atomic mass is 32.1. The first-order valence-electron chi connectivity index (χ1n) is 19.4. The monoisotopic (exact) mass is 759 g/mol. The fourth-order valence-electron chi connectivity index (χ4n) is 9.58. The molecule has 0 bridgehead atoms. The van der Waals surface area contributed by atoms with Gasteiger partial charge in [0.2, 0.25) is 0 Å². The molecule has 1 aliphatic rings. The summed E-state index contributed by atoms with van der Waals surface area (Å²) in [5.74, 6) is 0.731. The van der Waals surface area contributed by atoms with E-state index >= 15 is 0 Å². The van der Waals surface area contributed by atoms with Crippen LogP contribution in [0.5, 0.6) is 0 Å². The number of thiophene rings is 1. The van der Waals surface area contributed by atoms with Crippen molar-refractivity contribution in [2.24, 2.45) is 0 Å². The highest BCUT2D eigenvalue weighted by molar-refractivity contribution is 7.26. The molecule has 266 valence electrons. The number of hydrogen-bond acceptors (Lipinski definition) is 3. The normalized spacial score (nSPS) is 13.1. The van der Waals surface area contributed by atoms with Gasteiger partial charge >= 0.3 is 0 Å². The van der Waals surface area contributed by atoms with E-state index in [2.05, 4.69) is 205 Å². The molecule has 0 fully saturated rings. The van der Waals surface area contributed by atoms with Gasteiger partial charge in [-0.3, -0.25) is 0 Å². The minimum Gasteiger partial charge on any atom is -0.309 e. The number of aromatic nitrogens is 3. The second-order valence-electron chi connectivity index (χ2n) is 14.8. The van der Waals surface area contributed by atoms with Crippen LogP contribution in [0.25, 0.3) is 81.6 Å². The summed E-state index contributed by atoms with van der Waals surface area (Å²) in [6.07, 6.45) is 0. The number of nitrogens with zero attached hydrogens (tertiary/aromatic N) is 3. The predicted octanol–water partition coefficient (Wildman–Crippen LogP) is 10.6. The second kappa shape index (κ2) is 12.5. The van der Waals surface area contributed by atoms with Crippen molar-refractivity contribution in [2.75, 3.05) is 0 Å². The minimum absolute atomic E-state index is 0.731. The van der Waals surface area contributed by atoms with E-state index in [1.165, 1.54) is 68.3 Å². The molecule has 0 radical (unpaired) electrons. The Labute approximate surface area is 334 Å². The van der Waals surface area contributed by atoms with Crippen LogP contribution in [0.1, 0.15) is 0 Å². The molecule has 11 aromatic rings. The Morgan fingerprint density at radius 3 is 1.77 bits per heavy atom. The van der Waals surface area contributed by atoms with Crippen molar-refractivity contribution >= 4 is 82.1 Å². The molecule has 0 unspecified atom stereocenters. The summed E-state index contributed by atoms with van der Waals surface area (Å²) in [6.45, 7) is 0. The van der Waals surface area contributed by atoms with Crippen LogP contribution < -0.4 is 20.7 Å². The molecule has 5 heteroatoms. The molecule has 3 nitrogen and oxygen atoms in total. The molecule has 0 amide bonds. The van der Waals surface area contributed by atoms with Crippen LogP contribution in [0.3, 0.4) is 0 Å². The van der Waals surface area contributed by atoms with E-state index in [1.807, 2.05) is 11.3 Å². The zero-order valence-corrected chi connectivity index (χ0v) is 32.6. The molecule has 1 aliphatic heterocycles. The van der Waals surface area contributed by atoms with Crippen molar-refractivity contribution in [3.05, 3.63) is 200 Å². The number of fused-ring (bicyclic) bond motifs is 10. The van der Waals surface area contributed by atoms with Crippen LogP contribution in [0.4, 0.5) is 0 Å². The molecule has 0 atom stereocenters.